The number of primary sulfonamides is 1. The van der Waals surface area contributed by atoms with Crippen LogP contribution in [0.5, 0.6) is 0 Å². The van der Waals surface area contributed by atoms with Gasteiger partial charge in [-0.3, -0.25) is 4.79 Å². The molecule has 1 aliphatic heterocycles. The van der Waals surface area contributed by atoms with E-state index < -0.39 is 10.0 Å². The minimum atomic E-state index is -3.78. The summed E-state index contributed by atoms with van der Waals surface area (Å²) in [6.45, 7) is 1.80. The van der Waals surface area contributed by atoms with Gasteiger partial charge >= 0.3 is 0 Å². The number of carbonyl (C=O) groups excluding carboxylic acids is 1. The molecule has 26 heavy (non-hydrogen) atoms. The normalized spacial score (nSPS) is 21.3. The first-order chi connectivity index (χ1) is 12.3. The van der Waals surface area contributed by atoms with Crippen LogP contribution in [0.3, 0.4) is 0 Å². The average molecular weight is 374 g/mol. The number of carbonyl (C=O) groups is 1. The van der Waals surface area contributed by atoms with Crippen LogP contribution >= 0.6 is 0 Å². The molecule has 1 fully saturated rings. The molecule has 2 aromatic carbocycles. The van der Waals surface area contributed by atoms with Crippen LogP contribution in [0.4, 0.5) is 0 Å². The maximum Gasteiger partial charge on any atom is 0.239 e. The van der Waals surface area contributed by atoms with Gasteiger partial charge in [0.25, 0.3) is 0 Å². The maximum absolute atomic E-state index is 12.5. The Morgan fingerprint density at radius 1 is 1.15 bits per heavy atom. The summed E-state index contributed by atoms with van der Waals surface area (Å²) < 4.78 is 23.0. The van der Waals surface area contributed by atoms with Crippen molar-refractivity contribution in [2.24, 2.45) is 5.14 Å². The number of hydrogen-bond donors (Lipinski definition) is 4. The minimum Gasteiger partial charge on any atom is -0.348 e. The molecule has 3 atom stereocenters. The molecule has 1 saturated heterocycles. The van der Waals surface area contributed by atoms with Gasteiger partial charge in [0.15, 0.2) is 0 Å². The number of hydrogen-bond acceptors (Lipinski definition) is 5. The van der Waals surface area contributed by atoms with Crippen molar-refractivity contribution in [1.82, 2.24) is 16.2 Å². The second kappa shape index (κ2) is 7.55. The lowest BCUT2D eigenvalue weighted by Crippen LogP contribution is -2.43. The van der Waals surface area contributed by atoms with E-state index >= 15 is 0 Å². The standard InChI is InChI=1S/C18H22N4O3S/c1-12(14-8-5-9-15(10-14)26(19,24)25)20-18(23)17-11-16(21-22-17)13-6-3-2-4-7-13/h2-10,12,16-17,21-22H,11H2,1H3,(H,20,23)(H2,19,24,25). The Kier molecular flexibility index (Phi) is 5.38. The van der Waals surface area contributed by atoms with Crippen LogP contribution in [0.1, 0.15) is 36.6 Å². The topological polar surface area (TPSA) is 113 Å². The lowest BCUT2D eigenvalue weighted by Gasteiger charge is -2.18. The predicted molar refractivity (Wildman–Crippen MR) is 98.2 cm³/mol. The molecule has 7 nitrogen and oxygen atoms in total. The Bertz CT molecular complexity index is 886. The molecule has 1 aliphatic rings. The van der Waals surface area contributed by atoms with Crippen LogP contribution < -0.4 is 21.3 Å². The number of rotatable bonds is 5. The van der Waals surface area contributed by atoms with Gasteiger partial charge in [0.1, 0.15) is 6.04 Å². The smallest absolute Gasteiger partial charge is 0.239 e. The molecule has 1 amide bonds. The third-order valence-corrected chi connectivity index (χ3v) is 5.38. The molecule has 3 unspecified atom stereocenters. The fourth-order valence-corrected chi connectivity index (χ4v) is 3.56. The Morgan fingerprint density at radius 2 is 1.88 bits per heavy atom. The zero-order valence-corrected chi connectivity index (χ0v) is 15.2. The molecule has 2 aromatic rings. The molecule has 5 N–H and O–H groups in total. The maximum atomic E-state index is 12.5. The molecule has 8 heteroatoms. The van der Waals surface area contributed by atoms with Crippen molar-refractivity contribution in [2.45, 2.75) is 36.4 Å². The predicted octanol–water partition coefficient (Wildman–Crippen LogP) is 1.12. The fourth-order valence-electron chi connectivity index (χ4n) is 2.99. The molecule has 0 aromatic heterocycles. The first kappa shape index (κ1) is 18.5. The number of nitrogens with two attached hydrogens (primary N) is 1. The second-order valence-electron chi connectivity index (χ2n) is 6.39. The molecule has 3 rings (SSSR count). The van der Waals surface area contributed by atoms with Gasteiger partial charge in [-0.15, -0.1) is 0 Å². The van der Waals surface area contributed by atoms with Crippen molar-refractivity contribution in [1.29, 1.82) is 0 Å². The molecule has 0 saturated carbocycles. The number of sulfonamides is 1. The Balaban J connectivity index is 1.63. The van der Waals surface area contributed by atoms with Crippen molar-refractivity contribution in [3.05, 3.63) is 65.7 Å². The number of nitrogens with one attached hydrogen (secondary N) is 3. The summed E-state index contributed by atoms with van der Waals surface area (Å²) in [5.74, 6) is -0.149. The van der Waals surface area contributed by atoms with E-state index in [2.05, 4.69) is 16.2 Å². The summed E-state index contributed by atoms with van der Waals surface area (Å²) in [4.78, 5) is 12.6. The minimum absolute atomic E-state index is 0.0286. The zero-order chi connectivity index (χ0) is 18.7. The van der Waals surface area contributed by atoms with Gasteiger partial charge in [0, 0.05) is 6.04 Å². The van der Waals surface area contributed by atoms with Crippen molar-refractivity contribution in [2.75, 3.05) is 0 Å². The van der Waals surface area contributed by atoms with Crippen molar-refractivity contribution in [3.8, 4) is 0 Å². The highest BCUT2D eigenvalue weighted by molar-refractivity contribution is 7.89. The van der Waals surface area contributed by atoms with Crippen molar-refractivity contribution in [3.63, 3.8) is 0 Å². The van der Waals surface area contributed by atoms with Crippen LogP contribution in [-0.4, -0.2) is 20.4 Å². The summed E-state index contributed by atoms with van der Waals surface area (Å²) in [7, 11) is -3.78. The zero-order valence-electron chi connectivity index (χ0n) is 14.3. The van der Waals surface area contributed by atoms with E-state index in [1.807, 2.05) is 30.3 Å². The lowest BCUT2D eigenvalue weighted by atomic mass is 10.0. The number of benzene rings is 2. The van der Waals surface area contributed by atoms with Gasteiger partial charge in [0.05, 0.1) is 10.9 Å². The molecular weight excluding hydrogens is 352 g/mol. The van der Waals surface area contributed by atoms with Gasteiger partial charge in [-0.05, 0) is 36.6 Å². The molecule has 0 bridgehead atoms. The van der Waals surface area contributed by atoms with Gasteiger partial charge < -0.3 is 5.32 Å². The van der Waals surface area contributed by atoms with Gasteiger partial charge in [-0.25, -0.2) is 24.4 Å². The Hall–Kier alpha value is -2.26. The largest absolute Gasteiger partial charge is 0.348 e. The van der Waals surface area contributed by atoms with Crippen molar-refractivity contribution < 1.29 is 13.2 Å². The van der Waals surface area contributed by atoms with Gasteiger partial charge in [0.2, 0.25) is 15.9 Å². The highest BCUT2D eigenvalue weighted by Gasteiger charge is 2.30. The molecule has 0 spiro atoms. The van der Waals surface area contributed by atoms with Crippen LogP contribution in [0.25, 0.3) is 0 Å². The van der Waals surface area contributed by atoms with Gasteiger partial charge in [-0.2, -0.15) is 0 Å². The van der Waals surface area contributed by atoms with Crippen LogP contribution in [-0.2, 0) is 14.8 Å². The Labute approximate surface area is 153 Å². The fraction of sp³-hybridized carbons (Fsp3) is 0.278. The highest BCUT2D eigenvalue weighted by Crippen LogP contribution is 2.23. The van der Waals surface area contributed by atoms with E-state index in [1.54, 1.807) is 19.1 Å². The SMILES string of the molecule is CC(NC(=O)C1CC(c2ccccc2)NN1)c1cccc(S(N)(=O)=O)c1. The first-order valence-corrected chi connectivity index (χ1v) is 9.88. The van der Waals surface area contributed by atoms with E-state index in [4.69, 9.17) is 5.14 Å². The summed E-state index contributed by atoms with van der Waals surface area (Å²) in [5, 5.41) is 8.08. The molecular formula is C18H22N4O3S. The average Bonchev–Trinajstić information content (AvgIpc) is 3.12. The Morgan fingerprint density at radius 3 is 2.58 bits per heavy atom. The number of hydrazine groups is 1. The highest BCUT2D eigenvalue weighted by atomic mass is 32.2. The number of amides is 1. The van der Waals surface area contributed by atoms with Crippen LogP contribution in [0.15, 0.2) is 59.5 Å². The molecule has 138 valence electrons. The quantitative estimate of drug-likeness (QED) is 0.626. The van der Waals surface area contributed by atoms with E-state index in [1.165, 1.54) is 12.1 Å². The first-order valence-electron chi connectivity index (χ1n) is 8.34. The summed E-state index contributed by atoms with van der Waals surface area (Å²) in [5.41, 5.74) is 7.95. The molecule has 1 heterocycles. The summed E-state index contributed by atoms with van der Waals surface area (Å²) in [6, 6.07) is 15.5. The van der Waals surface area contributed by atoms with E-state index in [0.29, 0.717) is 12.0 Å². The van der Waals surface area contributed by atoms with E-state index in [0.717, 1.165) is 5.56 Å². The van der Waals surface area contributed by atoms with E-state index in [-0.39, 0.29) is 28.9 Å². The lowest BCUT2D eigenvalue weighted by molar-refractivity contribution is -0.123. The third-order valence-electron chi connectivity index (χ3n) is 4.47. The monoisotopic (exact) mass is 374 g/mol. The summed E-state index contributed by atoms with van der Waals surface area (Å²) >= 11 is 0. The third kappa shape index (κ3) is 4.28. The molecule has 0 radical (unpaired) electrons. The van der Waals surface area contributed by atoms with Crippen LogP contribution in [0.2, 0.25) is 0 Å². The van der Waals surface area contributed by atoms with Crippen LogP contribution in [0, 0.1) is 0 Å². The summed E-state index contributed by atoms with van der Waals surface area (Å²) in [6.07, 6.45) is 0.625. The van der Waals surface area contributed by atoms with Crippen molar-refractivity contribution >= 4 is 15.9 Å². The van der Waals surface area contributed by atoms with E-state index in [9.17, 15) is 13.2 Å². The second-order valence-corrected chi connectivity index (χ2v) is 7.95. The van der Waals surface area contributed by atoms with Gasteiger partial charge in [-0.1, -0.05) is 42.5 Å². The molecule has 0 aliphatic carbocycles.